The number of nitrogens with zero attached hydrogens (tertiary/aromatic N) is 2. The van der Waals surface area contributed by atoms with Crippen molar-refractivity contribution in [3.8, 4) is 6.07 Å². The Bertz CT molecular complexity index is 568. The van der Waals surface area contributed by atoms with Gasteiger partial charge in [-0.15, -0.1) is 0 Å². The number of hydrogen-bond acceptors (Lipinski definition) is 4. The molecule has 1 rings (SSSR count). The summed E-state index contributed by atoms with van der Waals surface area (Å²) in [5.74, 6) is 0. The van der Waals surface area contributed by atoms with Gasteiger partial charge >= 0.3 is 0 Å². The summed E-state index contributed by atoms with van der Waals surface area (Å²) in [5, 5.41) is 13.4. The first-order chi connectivity index (χ1) is 7.29. The fourth-order valence-corrected chi connectivity index (χ4v) is 2.53. The van der Waals surface area contributed by atoms with Crippen LogP contribution >= 0.6 is 15.9 Å². The van der Waals surface area contributed by atoms with Crippen LogP contribution in [0.25, 0.3) is 0 Å². The molecule has 0 aliphatic carbocycles. The van der Waals surface area contributed by atoms with Crippen LogP contribution in [0.5, 0.6) is 0 Å². The Labute approximate surface area is 98.1 Å². The molecule has 0 unspecified atom stereocenters. The normalized spacial score (nSPS) is 11.5. The SMILES string of the molecule is N#Cc1ncc(Br)c(C(F)F)c1S(N)(=O)=O. The van der Waals surface area contributed by atoms with Gasteiger partial charge in [0.05, 0.1) is 5.56 Å². The average molecular weight is 312 g/mol. The van der Waals surface area contributed by atoms with E-state index >= 15 is 0 Å². The van der Waals surface area contributed by atoms with E-state index in [-0.39, 0.29) is 4.47 Å². The molecule has 0 radical (unpaired) electrons. The third-order valence-electron chi connectivity index (χ3n) is 1.63. The van der Waals surface area contributed by atoms with Crippen LogP contribution in [0.3, 0.4) is 0 Å². The largest absolute Gasteiger partial charge is 0.266 e. The van der Waals surface area contributed by atoms with E-state index in [4.69, 9.17) is 10.4 Å². The minimum atomic E-state index is -4.44. The van der Waals surface area contributed by atoms with Crippen LogP contribution in [0.1, 0.15) is 17.7 Å². The third kappa shape index (κ3) is 2.34. The summed E-state index contributed by atoms with van der Waals surface area (Å²) in [4.78, 5) is 2.46. The maximum absolute atomic E-state index is 12.6. The summed E-state index contributed by atoms with van der Waals surface area (Å²) >= 11 is 2.73. The lowest BCUT2D eigenvalue weighted by Crippen LogP contribution is -2.18. The first-order valence-corrected chi connectivity index (χ1v) is 6.02. The van der Waals surface area contributed by atoms with Crippen LogP contribution in [0, 0.1) is 11.3 Å². The van der Waals surface area contributed by atoms with Crippen molar-refractivity contribution in [1.29, 1.82) is 5.26 Å². The molecule has 0 fully saturated rings. The van der Waals surface area contributed by atoms with Gasteiger partial charge in [-0.1, -0.05) is 0 Å². The standard InChI is InChI=1S/C7H4BrF2N3O2S/c8-3-2-13-4(1-11)6(16(12,14)15)5(3)7(9)10/h2,7H,(H2,12,14,15). The molecule has 0 spiro atoms. The minimum Gasteiger partial charge on any atom is -0.243 e. The fourth-order valence-electron chi connectivity index (χ4n) is 1.06. The zero-order chi connectivity index (χ0) is 12.5. The molecule has 0 atom stereocenters. The Balaban J connectivity index is 3.79. The first kappa shape index (κ1) is 13.0. The lowest BCUT2D eigenvalue weighted by Gasteiger charge is -2.09. The molecule has 9 heteroatoms. The van der Waals surface area contributed by atoms with E-state index in [1.165, 1.54) is 6.07 Å². The van der Waals surface area contributed by atoms with Crippen molar-refractivity contribution in [1.82, 2.24) is 4.98 Å². The molecule has 0 aliphatic rings. The number of alkyl halides is 2. The second kappa shape index (κ2) is 4.40. The number of pyridine rings is 1. The number of sulfonamides is 1. The van der Waals surface area contributed by atoms with Crippen LogP contribution in [-0.4, -0.2) is 13.4 Å². The molecule has 86 valence electrons. The number of aromatic nitrogens is 1. The van der Waals surface area contributed by atoms with Crippen molar-refractivity contribution < 1.29 is 17.2 Å². The summed E-state index contributed by atoms with van der Waals surface area (Å²) in [6, 6.07) is 1.40. The molecule has 1 aromatic rings. The molecule has 1 aromatic heterocycles. The number of rotatable bonds is 2. The molecule has 0 saturated carbocycles. The Morgan fingerprint density at radius 3 is 2.50 bits per heavy atom. The predicted molar refractivity (Wildman–Crippen MR) is 53.0 cm³/mol. The van der Waals surface area contributed by atoms with Gasteiger partial charge in [-0.3, -0.25) is 0 Å². The monoisotopic (exact) mass is 311 g/mol. The maximum atomic E-state index is 12.6. The molecule has 0 bridgehead atoms. The van der Waals surface area contributed by atoms with E-state index in [9.17, 15) is 17.2 Å². The quantitative estimate of drug-likeness (QED) is 0.890. The van der Waals surface area contributed by atoms with Gasteiger partial charge in [0.15, 0.2) is 5.69 Å². The molecule has 16 heavy (non-hydrogen) atoms. The molecule has 5 nitrogen and oxygen atoms in total. The van der Waals surface area contributed by atoms with Gasteiger partial charge in [0.1, 0.15) is 11.0 Å². The molecular weight excluding hydrogens is 308 g/mol. The van der Waals surface area contributed by atoms with Crippen LogP contribution in [0.15, 0.2) is 15.6 Å². The number of halogens is 3. The highest BCUT2D eigenvalue weighted by molar-refractivity contribution is 9.10. The second-order valence-electron chi connectivity index (χ2n) is 2.66. The van der Waals surface area contributed by atoms with Gasteiger partial charge in [0, 0.05) is 10.7 Å². The van der Waals surface area contributed by atoms with Crippen molar-refractivity contribution in [2.75, 3.05) is 0 Å². The van der Waals surface area contributed by atoms with Gasteiger partial charge in [0.25, 0.3) is 6.43 Å². The highest BCUT2D eigenvalue weighted by atomic mass is 79.9. The number of nitriles is 1. The number of hydrogen-bond donors (Lipinski definition) is 1. The van der Waals surface area contributed by atoms with Gasteiger partial charge in [-0.25, -0.2) is 27.3 Å². The van der Waals surface area contributed by atoms with Crippen molar-refractivity contribution in [3.63, 3.8) is 0 Å². The van der Waals surface area contributed by atoms with Crippen molar-refractivity contribution >= 4 is 26.0 Å². The van der Waals surface area contributed by atoms with E-state index in [2.05, 4.69) is 20.9 Å². The Morgan fingerprint density at radius 1 is 1.56 bits per heavy atom. The zero-order valence-electron chi connectivity index (χ0n) is 7.49. The predicted octanol–water partition coefficient (Wildman–Crippen LogP) is 1.30. The van der Waals surface area contributed by atoms with Crippen LogP contribution in [-0.2, 0) is 10.0 Å². The Kier molecular flexibility index (Phi) is 3.57. The van der Waals surface area contributed by atoms with Crippen molar-refractivity contribution in [2.45, 2.75) is 11.3 Å². The minimum absolute atomic E-state index is 0.217. The zero-order valence-corrected chi connectivity index (χ0v) is 9.89. The second-order valence-corrected chi connectivity index (χ2v) is 5.01. The van der Waals surface area contributed by atoms with Gasteiger partial charge in [0.2, 0.25) is 10.0 Å². The average Bonchev–Trinajstić information content (AvgIpc) is 2.15. The van der Waals surface area contributed by atoms with E-state index in [1.807, 2.05) is 0 Å². The lowest BCUT2D eigenvalue weighted by atomic mass is 10.2. The summed E-state index contributed by atoms with van der Waals surface area (Å²) < 4.78 is 47.3. The fraction of sp³-hybridized carbons (Fsp3) is 0.143. The topological polar surface area (TPSA) is 96.8 Å². The maximum Gasteiger partial charge on any atom is 0.266 e. The number of primary sulfonamides is 1. The molecule has 2 N–H and O–H groups in total. The van der Waals surface area contributed by atoms with E-state index in [1.54, 1.807) is 0 Å². The Morgan fingerprint density at radius 2 is 2.12 bits per heavy atom. The lowest BCUT2D eigenvalue weighted by molar-refractivity contribution is 0.146. The highest BCUT2D eigenvalue weighted by Gasteiger charge is 2.28. The third-order valence-corrected chi connectivity index (χ3v) is 3.25. The smallest absolute Gasteiger partial charge is 0.243 e. The number of nitrogens with two attached hydrogens (primary N) is 1. The Hall–Kier alpha value is -1.11. The molecule has 1 heterocycles. The van der Waals surface area contributed by atoms with Gasteiger partial charge in [-0.05, 0) is 15.9 Å². The molecule has 0 saturated heterocycles. The summed E-state index contributed by atoms with van der Waals surface area (Å²) in [5.41, 5.74) is -1.50. The molecule has 0 amide bonds. The van der Waals surface area contributed by atoms with Gasteiger partial charge in [-0.2, -0.15) is 5.26 Å². The summed E-state index contributed by atoms with van der Waals surface area (Å²) in [6.45, 7) is 0. The van der Waals surface area contributed by atoms with Gasteiger partial charge < -0.3 is 0 Å². The summed E-state index contributed by atoms with van der Waals surface area (Å²) in [7, 11) is -4.44. The van der Waals surface area contributed by atoms with Crippen molar-refractivity contribution in [3.05, 3.63) is 21.9 Å². The van der Waals surface area contributed by atoms with E-state index in [0.29, 0.717) is 0 Å². The molecule has 0 aliphatic heterocycles. The highest BCUT2D eigenvalue weighted by Crippen LogP contribution is 2.33. The van der Waals surface area contributed by atoms with Crippen LogP contribution in [0.2, 0.25) is 0 Å². The van der Waals surface area contributed by atoms with Crippen LogP contribution in [0.4, 0.5) is 8.78 Å². The van der Waals surface area contributed by atoms with Crippen molar-refractivity contribution in [2.24, 2.45) is 5.14 Å². The van der Waals surface area contributed by atoms with E-state index < -0.39 is 32.6 Å². The first-order valence-electron chi connectivity index (χ1n) is 3.68. The molecular formula is C7H4BrF2N3O2S. The van der Waals surface area contributed by atoms with Crippen LogP contribution < -0.4 is 5.14 Å². The molecule has 0 aromatic carbocycles. The van der Waals surface area contributed by atoms with E-state index in [0.717, 1.165) is 6.20 Å². The summed E-state index contributed by atoms with van der Waals surface area (Å²) in [6.07, 6.45) is -2.16.